The first-order valence-electron chi connectivity index (χ1n) is 4.22. The van der Waals surface area contributed by atoms with Gasteiger partial charge in [0.15, 0.2) is 5.78 Å². The van der Waals surface area contributed by atoms with Crippen molar-refractivity contribution in [3.63, 3.8) is 0 Å². The molecule has 1 aromatic rings. The van der Waals surface area contributed by atoms with E-state index in [1.54, 1.807) is 6.92 Å². The number of alkyl halides is 3. The first-order valence-corrected chi connectivity index (χ1v) is 4.22. The Morgan fingerprint density at radius 2 is 1.87 bits per heavy atom. The van der Waals surface area contributed by atoms with Gasteiger partial charge in [0.1, 0.15) is 0 Å². The van der Waals surface area contributed by atoms with E-state index in [0.29, 0.717) is 5.56 Å². The summed E-state index contributed by atoms with van der Waals surface area (Å²) in [4.78, 5) is 11.1. The number of aryl methyl sites for hydroxylation is 1. The zero-order chi connectivity index (χ0) is 11.8. The Hall–Kier alpha value is -1.52. The van der Waals surface area contributed by atoms with Crippen LogP contribution in [0.3, 0.4) is 0 Å². The van der Waals surface area contributed by atoms with Crippen molar-refractivity contribution in [2.75, 3.05) is 5.73 Å². The number of halogens is 3. The summed E-state index contributed by atoms with van der Waals surface area (Å²) in [6, 6.07) is 2.13. The standard InChI is InChI=1S/C10H10F3NO/c1-5-3-4-7(10(11,12)13)9(14)8(5)6(2)15/h3-4H,14H2,1-2H3. The number of nitrogens with two attached hydrogens (primary N) is 1. The number of anilines is 1. The summed E-state index contributed by atoms with van der Waals surface area (Å²) in [7, 11) is 0. The lowest BCUT2D eigenvalue weighted by Gasteiger charge is -2.13. The number of ketones is 1. The fourth-order valence-electron chi connectivity index (χ4n) is 1.44. The Kier molecular flexibility index (Phi) is 2.75. The van der Waals surface area contributed by atoms with Gasteiger partial charge < -0.3 is 5.73 Å². The van der Waals surface area contributed by atoms with Crippen LogP contribution in [0, 0.1) is 6.92 Å². The highest BCUT2D eigenvalue weighted by atomic mass is 19.4. The maximum Gasteiger partial charge on any atom is 0.418 e. The third-order valence-electron chi connectivity index (χ3n) is 2.11. The van der Waals surface area contributed by atoms with Crippen LogP contribution in [0.15, 0.2) is 12.1 Å². The van der Waals surface area contributed by atoms with Crippen molar-refractivity contribution in [2.45, 2.75) is 20.0 Å². The zero-order valence-corrected chi connectivity index (χ0v) is 8.27. The minimum Gasteiger partial charge on any atom is -0.398 e. The summed E-state index contributed by atoms with van der Waals surface area (Å²) < 4.78 is 37.3. The summed E-state index contributed by atoms with van der Waals surface area (Å²) in [5, 5.41) is 0. The van der Waals surface area contributed by atoms with E-state index in [4.69, 9.17) is 5.73 Å². The van der Waals surface area contributed by atoms with Gasteiger partial charge in [-0.05, 0) is 25.5 Å². The molecule has 0 unspecified atom stereocenters. The van der Waals surface area contributed by atoms with E-state index in [0.717, 1.165) is 6.07 Å². The number of nitrogen functional groups attached to an aromatic ring is 1. The summed E-state index contributed by atoms with van der Waals surface area (Å²) in [6.45, 7) is 2.74. The molecule has 0 saturated carbocycles. The maximum absolute atomic E-state index is 12.4. The van der Waals surface area contributed by atoms with Gasteiger partial charge in [-0.2, -0.15) is 13.2 Å². The van der Waals surface area contributed by atoms with Crippen molar-refractivity contribution in [3.05, 3.63) is 28.8 Å². The summed E-state index contributed by atoms with van der Waals surface area (Å²) in [5.41, 5.74) is 4.28. The molecule has 0 amide bonds. The third-order valence-corrected chi connectivity index (χ3v) is 2.11. The van der Waals surface area contributed by atoms with Crippen LogP contribution in [-0.2, 0) is 6.18 Å². The lowest BCUT2D eigenvalue weighted by molar-refractivity contribution is -0.136. The van der Waals surface area contributed by atoms with E-state index < -0.39 is 23.2 Å². The lowest BCUT2D eigenvalue weighted by atomic mass is 9.99. The predicted molar refractivity (Wildman–Crippen MR) is 50.6 cm³/mol. The number of rotatable bonds is 1. The highest BCUT2D eigenvalue weighted by Gasteiger charge is 2.34. The molecule has 82 valence electrons. The zero-order valence-electron chi connectivity index (χ0n) is 8.27. The van der Waals surface area contributed by atoms with E-state index >= 15 is 0 Å². The van der Waals surface area contributed by atoms with E-state index in [-0.39, 0.29) is 5.56 Å². The van der Waals surface area contributed by atoms with E-state index in [2.05, 4.69) is 0 Å². The molecule has 5 heteroatoms. The molecule has 15 heavy (non-hydrogen) atoms. The summed E-state index contributed by atoms with van der Waals surface area (Å²) in [6.07, 6.45) is -4.53. The fourth-order valence-corrected chi connectivity index (χ4v) is 1.44. The van der Waals surface area contributed by atoms with Crippen LogP contribution in [0.25, 0.3) is 0 Å². The van der Waals surface area contributed by atoms with Crippen molar-refractivity contribution in [1.29, 1.82) is 0 Å². The van der Waals surface area contributed by atoms with E-state index in [9.17, 15) is 18.0 Å². The molecule has 0 bridgehead atoms. The largest absolute Gasteiger partial charge is 0.418 e. The van der Waals surface area contributed by atoms with Crippen LogP contribution in [-0.4, -0.2) is 5.78 Å². The molecule has 0 fully saturated rings. The van der Waals surface area contributed by atoms with E-state index in [1.807, 2.05) is 0 Å². The molecule has 1 aromatic carbocycles. The van der Waals surface area contributed by atoms with Crippen LogP contribution in [0.5, 0.6) is 0 Å². The highest BCUT2D eigenvalue weighted by Crippen LogP contribution is 2.36. The molecule has 0 aromatic heterocycles. The van der Waals surface area contributed by atoms with Gasteiger partial charge in [0, 0.05) is 5.56 Å². The predicted octanol–water partition coefficient (Wildman–Crippen LogP) is 2.80. The normalized spacial score (nSPS) is 11.5. The second kappa shape index (κ2) is 3.56. The second-order valence-corrected chi connectivity index (χ2v) is 3.27. The van der Waals surface area contributed by atoms with Crippen molar-refractivity contribution in [1.82, 2.24) is 0 Å². The molecule has 0 saturated heterocycles. The van der Waals surface area contributed by atoms with Crippen LogP contribution < -0.4 is 5.73 Å². The average Bonchev–Trinajstić information content (AvgIpc) is 2.00. The molecule has 0 spiro atoms. The van der Waals surface area contributed by atoms with Crippen LogP contribution in [0.2, 0.25) is 0 Å². The monoisotopic (exact) mass is 217 g/mol. The summed E-state index contributed by atoms with van der Waals surface area (Å²) >= 11 is 0. The smallest absolute Gasteiger partial charge is 0.398 e. The Labute approximate surface area is 84.9 Å². The van der Waals surface area contributed by atoms with Crippen LogP contribution in [0.4, 0.5) is 18.9 Å². The van der Waals surface area contributed by atoms with Crippen molar-refractivity contribution in [3.8, 4) is 0 Å². The first kappa shape index (κ1) is 11.6. The molecular weight excluding hydrogens is 207 g/mol. The van der Waals surface area contributed by atoms with Gasteiger partial charge in [0.05, 0.1) is 11.3 Å². The Bertz CT molecular complexity index is 410. The minimum atomic E-state index is -4.53. The van der Waals surface area contributed by atoms with E-state index in [1.165, 1.54) is 13.0 Å². The Morgan fingerprint density at radius 1 is 1.33 bits per heavy atom. The van der Waals surface area contributed by atoms with Crippen LogP contribution >= 0.6 is 0 Å². The maximum atomic E-state index is 12.4. The number of hydrogen-bond acceptors (Lipinski definition) is 2. The van der Waals surface area contributed by atoms with Crippen molar-refractivity contribution < 1.29 is 18.0 Å². The topological polar surface area (TPSA) is 43.1 Å². The van der Waals surface area contributed by atoms with Crippen LogP contribution in [0.1, 0.15) is 28.4 Å². The quantitative estimate of drug-likeness (QED) is 0.580. The van der Waals surface area contributed by atoms with Gasteiger partial charge in [-0.25, -0.2) is 0 Å². The summed E-state index contributed by atoms with van der Waals surface area (Å²) in [5.74, 6) is -0.462. The van der Waals surface area contributed by atoms with Crippen molar-refractivity contribution >= 4 is 11.5 Å². The average molecular weight is 217 g/mol. The number of Topliss-reactive ketones (excluding diaryl/α,β-unsaturated/α-hetero) is 1. The van der Waals surface area contributed by atoms with Gasteiger partial charge in [0.25, 0.3) is 0 Å². The molecule has 0 aliphatic heterocycles. The first-order chi connectivity index (χ1) is 6.75. The van der Waals surface area contributed by atoms with Gasteiger partial charge in [-0.3, -0.25) is 4.79 Å². The second-order valence-electron chi connectivity index (χ2n) is 3.27. The number of benzene rings is 1. The number of carbonyl (C=O) groups is 1. The molecule has 0 aliphatic carbocycles. The van der Waals surface area contributed by atoms with Gasteiger partial charge in [-0.1, -0.05) is 6.07 Å². The number of carbonyl (C=O) groups excluding carboxylic acids is 1. The Morgan fingerprint density at radius 3 is 2.27 bits per heavy atom. The minimum absolute atomic E-state index is 0.0511. The van der Waals surface area contributed by atoms with Gasteiger partial charge in [-0.15, -0.1) is 0 Å². The third kappa shape index (κ3) is 2.11. The molecule has 0 aliphatic rings. The fraction of sp³-hybridized carbons (Fsp3) is 0.300. The SMILES string of the molecule is CC(=O)c1c(C)ccc(C(F)(F)F)c1N. The lowest BCUT2D eigenvalue weighted by Crippen LogP contribution is -2.13. The molecular formula is C10H10F3NO. The molecule has 0 atom stereocenters. The highest BCUT2D eigenvalue weighted by molar-refractivity contribution is 6.01. The molecule has 2 N–H and O–H groups in total. The Balaban J connectivity index is 3.49. The van der Waals surface area contributed by atoms with Gasteiger partial charge in [0.2, 0.25) is 0 Å². The molecule has 2 nitrogen and oxygen atoms in total. The van der Waals surface area contributed by atoms with Crippen molar-refractivity contribution in [2.24, 2.45) is 0 Å². The molecule has 0 heterocycles. The molecule has 0 radical (unpaired) electrons. The molecule has 1 rings (SSSR count). The van der Waals surface area contributed by atoms with Gasteiger partial charge >= 0.3 is 6.18 Å². The number of hydrogen-bond donors (Lipinski definition) is 1.